The van der Waals surface area contributed by atoms with Crippen molar-refractivity contribution in [3.8, 4) is 5.75 Å². The molecule has 5 nitrogen and oxygen atoms in total. The third-order valence-corrected chi connectivity index (χ3v) is 4.05. The molecule has 0 radical (unpaired) electrons. The van der Waals surface area contributed by atoms with Crippen LogP contribution in [0.3, 0.4) is 0 Å². The van der Waals surface area contributed by atoms with Gasteiger partial charge in [0.15, 0.2) is 0 Å². The molecule has 0 bridgehead atoms. The zero-order valence-corrected chi connectivity index (χ0v) is 12.9. The van der Waals surface area contributed by atoms with Gasteiger partial charge in [-0.3, -0.25) is 15.1 Å². The molecule has 0 saturated heterocycles. The molecule has 22 heavy (non-hydrogen) atoms. The molecule has 0 aliphatic carbocycles. The highest BCUT2D eigenvalue weighted by atomic mass is 16.6. The summed E-state index contributed by atoms with van der Waals surface area (Å²) in [5.41, 5.74) is 2.26. The van der Waals surface area contributed by atoms with E-state index in [1.165, 1.54) is 6.07 Å². The van der Waals surface area contributed by atoms with Crippen molar-refractivity contribution < 1.29 is 9.66 Å². The van der Waals surface area contributed by atoms with E-state index >= 15 is 0 Å². The molecule has 0 amide bonds. The maximum Gasteiger partial charge on any atom is 0.276 e. The van der Waals surface area contributed by atoms with Gasteiger partial charge in [0.1, 0.15) is 11.4 Å². The Kier molecular flexibility index (Phi) is 3.35. The quantitative estimate of drug-likeness (QED) is 0.621. The van der Waals surface area contributed by atoms with Gasteiger partial charge in [-0.25, -0.2) is 0 Å². The highest BCUT2D eigenvalue weighted by Gasteiger charge is 2.40. The van der Waals surface area contributed by atoms with E-state index in [2.05, 4.69) is 4.98 Å². The average Bonchev–Trinajstić information content (AvgIpc) is 2.45. The van der Waals surface area contributed by atoms with E-state index in [0.29, 0.717) is 17.7 Å². The molecule has 1 unspecified atom stereocenters. The van der Waals surface area contributed by atoms with Gasteiger partial charge in [-0.1, -0.05) is 12.1 Å². The molecular formula is C17H18N2O3. The van der Waals surface area contributed by atoms with Crippen LogP contribution < -0.4 is 4.74 Å². The third-order valence-electron chi connectivity index (χ3n) is 4.05. The Morgan fingerprint density at radius 1 is 1.32 bits per heavy atom. The minimum absolute atomic E-state index is 0.100. The Bertz CT molecular complexity index is 740. The first-order valence-electron chi connectivity index (χ1n) is 7.27. The van der Waals surface area contributed by atoms with E-state index in [1.807, 2.05) is 32.9 Å². The van der Waals surface area contributed by atoms with Gasteiger partial charge < -0.3 is 4.74 Å². The number of aryl methyl sites for hydroxylation is 1. The summed E-state index contributed by atoms with van der Waals surface area (Å²) in [6.45, 7) is 5.99. The summed E-state index contributed by atoms with van der Waals surface area (Å²) in [5.74, 6) is 0.446. The summed E-state index contributed by atoms with van der Waals surface area (Å²) in [6.07, 6.45) is 2.39. The Balaban J connectivity index is 2.24. The van der Waals surface area contributed by atoms with Crippen LogP contribution in [-0.2, 0) is 0 Å². The maximum absolute atomic E-state index is 11.4. The van der Waals surface area contributed by atoms with E-state index in [9.17, 15) is 10.1 Å². The summed E-state index contributed by atoms with van der Waals surface area (Å²) in [4.78, 5) is 15.6. The number of benzene rings is 1. The summed E-state index contributed by atoms with van der Waals surface area (Å²) >= 11 is 0. The first-order valence-corrected chi connectivity index (χ1v) is 7.27. The van der Waals surface area contributed by atoms with Crippen LogP contribution in [0.25, 0.3) is 0 Å². The number of hydrogen-bond acceptors (Lipinski definition) is 4. The number of rotatable bonds is 2. The monoisotopic (exact) mass is 298 g/mol. The van der Waals surface area contributed by atoms with E-state index < -0.39 is 5.60 Å². The molecule has 0 fully saturated rings. The topological polar surface area (TPSA) is 65.3 Å². The Morgan fingerprint density at radius 2 is 2.09 bits per heavy atom. The fourth-order valence-electron chi connectivity index (χ4n) is 3.16. The molecule has 0 spiro atoms. The van der Waals surface area contributed by atoms with Crippen molar-refractivity contribution in [1.82, 2.24) is 4.98 Å². The van der Waals surface area contributed by atoms with E-state index in [1.54, 1.807) is 18.3 Å². The van der Waals surface area contributed by atoms with Gasteiger partial charge in [-0.15, -0.1) is 0 Å². The van der Waals surface area contributed by atoms with Crippen molar-refractivity contribution in [3.63, 3.8) is 0 Å². The number of ether oxygens (including phenoxy) is 1. The van der Waals surface area contributed by atoms with Gasteiger partial charge in [-0.05, 0) is 44.9 Å². The van der Waals surface area contributed by atoms with Gasteiger partial charge in [0, 0.05) is 18.2 Å². The predicted molar refractivity (Wildman–Crippen MR) is 83.2 cm³/mol. The number of nitro groups is 1. The van der Waals surface area contributed by atoms with Gasteiger partial charge in [0.2, 0.25) is 0 Å². The summed E-state index contributed by atoms with van der Waals surface area (Å²) < 4.78 is 5.97. The molecule has 0 saturated carbocycles. The number of aromatic nitrogens is 1. The molecule has 1 aromatic carbocycles. The van der Waals surface area contributed by atoms with Crippen molar-refractivity contribution >= 4 is 5.69 Å². The molecule has 1 aliphatic heterocycles. The van der Waals surface area contributed by atoms with Crippen LogP contribution in [0.2, 0.25) is 0 Å². The largest absolute Gasteiger partial charge is 0.487 e. The molecule has 3 rings (SSSR count). The number of nitrogens with zero attached hydrogens (tertiary/aromatic N) is 2. The first kappa shape index (κ1) is 14.5. The van der Waals surface area contributed by atoms with Crippen molar-refractivity contribution in [2.45, 2.75) is 38.7 Å². The van der Waals surface area contributed by atoms with E-state index in [4.69, 9.17) is 4.74 Å². The van der Waals surface area contributed by atoms with Crippen molar-refractivity contribution in [3.05, 3.63) is 63.5 Å². The zero-order valence-electron chi connectivity index (χ0n) is 12.9. The van der Waals surface area contributed by atoms with Crippen LogP contribution in [0.5, 0.6) is 5.75 Å². The fraction of sp³-hybridized carbons (Fsp3) is 0.353. The Morgan fingerprint density at radius 3 is 2.77 bits per heavy atom. The van der Waals surface area contributed by atoms with E-state index in [-0.39, 0.29) is 16.5 Å². The van der Waals surface area contributed by atoms with Crippen molar-refractivity contribution in [2.24, 2.45) is 0 Å². The van der Waals surface area contributed by atoms with Gasteiger partial charge in [-0.2, -0.15) is 0 Å². The van der Waals surface area contributed by atoms with Gasteiger partial charge in [0.05, 0.1) is 16.2 Å². The maximum atomic E-state index is 11.4. The standard InChI is InChI=1S/C17H18N2O3/c1-11-6-5-9-18-16(11)12-10-17(2,3)22-14-8-4-7-13(15(12)14)19(20)21/h4-9,12H,10H2,1-3H3. The second-order valence-corrected chi connectivity index (χ2v) is 6.27. The average molecular weight is 298 g/mol. The summed E-state index contributed by atoms with van der Waals surface area (Å²) in [6, 6.07) is 8.86. The lowest BCUT2D eigenvalue weighted by atomic mass is 9.80. The zero-order chi connectivity index (χ0) is 15.9. The van der Waals surface area contributed by atoms with Crippen molar-refractivity contribution in [1.29, 1.82) is 0 Å². The molecule has 114 valence electrons. The second kappa shape index (κ2) is 5.09. The highest BCUT2D eigenvalue weighted by Crippen LogP contribution is 2.48. The molecule has 2 aromatic rings. The van der Waals surface area contributed by atoms with E-state index in [0.717, 1.165) is 11.3 Å². The van der Waals surface area contributed by atoms with Crippen LogP contribution in [0.4, 0.5) is 5.69 Å². The molecule has 0 N–H and O–H groups in total. The first-order chi connectivity index (χ1) is 10.4. The van der Waals surface area contributed by atoms with Crippen molar-refractivity contribution in [2.75, 3.05) is 0 Å². The summed E-state index contributed by atoms with van der Waals surface area (Å²) in [5, 5.41) is 11.4. The van der Waals surface area contributed by atoms with Crippen LogP contribution in [0, 0.1) is 17.0 Å². The third kappa shape index (κ3) is 2.43. The van der Waals surface area contributed by atoms with Crippen LogP contribution in [0.15, 0.2) is 36.5 Å². The Labute approximate surface area is 129 Å². The smallest absolute Gasteiger partial charge is 0.276 e. The summed E-state index contributed by atoms with van der Waals surface area (Å²) in [7, 11) is 0. The molecule has 5 heteroatoms. The fourth-order valence-corrected chi connectivity index (χ4v) is 3.16. The SMILES string of the molecule is Cc1cccnc1C1CC(C)(C)Oc2cccc([N+](=O)[O-])c21. The molecule has 2 heterocycles. The Hall–Kier alpha value is -2.43. The highest BCUT2D eigenvalue weighted by molar-refractivity contribution is 5.56. The van der Waals surface area contributed by atoms with Gasteiger partial charge >= 0.3 is 0 Å². The minimum Gasteiger partial charge on any atom is -0.487 e. The molecule has 1 atom stereocenters. The van der Waals surface area contributed by atoms with Crippen LogP contribution in [-0.4, -0.2) is 15.5 Å². The van der Waals surface area contributed by atoms with Gasteiger partial charge in [0.25, 0.3) is 5.69 Å². The lowest BCUT2D eigenvalue weighted by Crippen LogP contribution is -2.36. The predicted octanol–water partition coefficient (Wildman–Crippen LogP) is 3.99. The number of fused-ring (bicyclic) bond motifs is 1. The lowest BCUT2D eigenvalue weighted by Gasteiger charge is -2.37. The number of nitro benzene ring substituents is 1. The normalized spacial score (nSPS) is 19.1. The molecular weight excluding hydrogens is 280 g/mol. The lowest BCUT2D eigenvalue weighted by molar-refractivity contribution is -0.386. The molecule has 1 aromatic heterocycles. The second-order valence-electron chi connectivity index (χ2n) is 6.27. The minimum atomic E-state index is -0.392. The van der Waals surface area contributed by atoms with Crippen LogP contribution >= 0.6 is 0 Å². The molecule has 1 aliphatic rings. The number of pyridine rings is 1. The van der Waals surface area contributed by atoms with Crippen LogP contribution in [0.1, 0.15) is 43.0 Å². The number of hydrogen-bond donors (Lipinski definition) is 0.